The Morgan fingerprint density at radius 2 is 1.74 bits per heavy atom. The number of halogens is 2. The number of hydrogen-bond donors (Lipinski definition) is 1. The molecule has 1 aliphatic heterocycles. The van der Waals surface area contributed by atoms with Gasteiger partial charge >= 0.3 is 5.97 Å². The topological polar surface area (TPSA) is 74.7 Å². The molecule has 0 fully saturated rings. The van der Waals surface area contributed by atoms with Gasteiger partial charge in [0.25, 0.3) is 0 Å². The highest BCUT2D eigenvalue weighted by Crippen LogP contribution is 2.49. The van der Waals surface area contributed by atoms with Crippen LogP contribution in [0, 0.1) is 5.41 Å². The summed E-state index contributed by atoms with van der Waals surface area (Å²) in [6, 6.07) is 11.2. The van der Waals surface area contributed by atoms with Gasteiger partial charge in [-0.1, -0.05) is 43.1 Å². The summed E-state index contributed by atoms with van der Waals surface area (Å²) in [5.41, 5.74) is 2.35. The second-order valence-corrected chi connectivity index (χ2v) is 9.65. The van der Waals surface area contributed by atoms with Gasteiger partial charge < -0.3 is 5.11 Å². The van der Waals surface area contributed by atoms with Gasteiger partial charge in [-0.05, 0) is 53.8 Å². The van der Waals surface area contributed by atoms with Gasteiger partial charge in [-0.25, -0.2) is 4.79 Å². The van der Waals surface area contributed by atoms with Crippen molar-refractivity contribution in [3.05, 3.63) is 74.9 Å². The molecule has 0 spiro atoms. The fourth-order valence-electron chi connectivity index (χ4n) is 4.52. The van der Waals surface area contributed by atoms with Crippen LogP contribution in [-0.4, -0.2) is 22.8 Å². The molecule has 0 radical (unpaired) electrons. The van der Waals surface area contributed by atoms with Crippen LogP contribution in [0.25, 0.3) is 0 Å². The molecule has 2 aromatic carbocycles. The Balaban J connectivity index is 1.88. The molecule has 1 heterocycles. The average molecular weight is 458 g/mol. The predicted octanol–water partition coefficient (Wildman–Crippen LogP) is 5.86. The maximum Gasteiger partial charge on any atom is 0.335 e. The van der Waals surface area contributed by atoms with E-state index in [0.29, 0.717) is 45.4 Å². The average Bonchev–Trinajstić information content (AvgIpc) is 2.66. The Morgan fingerprint density at radius 3 is 2.35 bits per heavy atom. The van der Waals surface area contributed by atoms with Crippen LogP contribution >= 0.6 is 23.2 Å². The van der Waals surface area contributed by atoms with Crippen molar-refractivity contribution in [3.63, 3.8) is 0 Å². The van der Waals surface area contributed by atoms with E-state index in [1.807, 2.05) is 13.8 Å². The molecule has 1 atom stereocenters. The van der Waals surface area contributed by atoms with E-state index in [1.54, 1.807) is 35.2 Å². The number of allylic oxidation sites excluding steroid dienone is 2. The Bertz CT molecular complexity index is 1130. The zero-order valence-corrected chi connectivity index (χ0v) is 18.6. The summed E-state index contributed by atoms with van der Waals surface area (Å²) < 4.78 is 0. The summed E-state index contributed by atoms with van der Waals surface area (Å²) in [6.07, 6.45) is 1.02. The molecule has 1 aliphatic carbocycles. The molecule has 0 bridgehead atoms. The van der Waals surface area contributed by atoms with Crippen LogP contribution in [0.4, 0.5) is 5.69 Å². The van der Waals surface area contributed by atoms with E-state index in [9.17, 15) is 19.5 Å². The molecule has 0 saturated heterocycles. The van der Waals surface area contributed by atoms with Gasteiger partial charge in [-0.2, -0.15) is 0 Å². The van der Waals surface area contributed by atoms with Crippen LogP contribution in [-0.2, 0) is 9.59 Å². The van der Waals surface area contributed by atoms with Gasteiger partial charge in [0, 0.05) is 45.8 Å². The molecular weight excluding hydrogens is 437 g/mol. The zero-order chi connectivity index (χ0) is 22.5. The van der Waals surface area contributed by atoms with E-state index in [4.69, 9.17) is 23.2 Å². The van der Waals surface area contributed by atoms with Gasteiger partial charge in [-0.15, -0.1) is 0 Å². The Morgan fingerprint density at radius 1 is 1.06 bits per heavy atom. The number of aromatic carboxylic acids is 1. The SMILES string of the molecule is CC1(C)CC(=O)C2=C(C1)N(c1ccc(C(=O)O)cc1)C(=O)CC2c1ccc(Cl)cc1Cl. The van der Waals surface area contributed by atoms with Crippen molar-refractivity contribution < 1.29 is 19.5 Å². The molecule has 1 unspecified atom stereocenters. The molecule has 4 rings (SSSR count). The summed E-state index contributed by atoms with van der Waals surface area (Å²) in [4.78, 5) is 39.4. The van der Waals surface area contributed by atoms with Gasteiger partial charge in [0.15, 0.2) is 5.78 Å². The van der Waals surface area contributed by atoms with Gasteiger partial charge in [0.2, 0.25) is 5.91 Å². The summed E-state index contributed by atoms with van der Waals surface area (Å²) in [7, 11) is 0. The van der Waals surface area contributed by atoms with Gasteiger partial charge in [0.05, 0.1) is 5.56 Å². The van der Waals surface area contributed by atoms with E-state index < -0.39 is 11.9 Å². The van der Waals surface area contributed by atoms with E-state index in [0.717, 1.165) is 0 Å². The third kappa shape index (κ3) is 4.00. The van der Waals surface area contributed by atoms with Crippen molar-refractivity contribution in [2.75, 3.05) is 4.90 Å². The molecule has 2 aromatic rings. The lowest BCUT2D eigenvalue weighted by atomic mass is 9.69. The first-order valence-electron chi connectivity index (χ1n) is 9.95. The smallest absolute Gasteiger partial charge is 0.335 e. The molecule has 2 aliphatic rings. The minimum atomic E-state index is -1.04. The van der Waals surface area contributed by atoms with Crippen LogP contribution in [0.2, 0.25) is 10.0 Å². The van der Waals surface area contributed by atoms with Crippen LogP contribution < -0.4 is 4.90 Å². The largest absolute Gasteiger partial charge is 0.478 e. The van der Waals surface area contributed by atoms with Crippen molar-refractivity contribution in [3.8, 4) is 0 Å². The molecule has 1 amide bonds. The minimum Gasteiger partial charge on any atom is -0.478 e. The predicted molar refractivity (Wildman–Crippen MR) is 120 cm³/mol. The number of carboxylic acids is 1. The maximum absolute atomic E-state index is 13.3. The van der Waals surface area contributed by atoms with E-state index >= 15 is 0 Å². The Hall–Kier alpha value is -2.63. The summed E-state index contributed by atoms with van der Waals surface area (Å²) in [5, 5.41) is 10.1. The van der Waals surface area contributed by atoms with Crippen LogP contribution in [0.1, 0.15) is 54.9 Å². The standard InChI is InChI=1S/C24H21Cl2NO4/c1-24(2)11-19-22(20(28)12-24)17(16-8-5-14(25)9-18(16)26)10-21(29)27(19)15-6-3-13(4-7-15)23(30)31/h3-9,17H,10-12H2,1-2H3,(H,30,31). The highest BCUT2D eigenvalue weighted by molar-refractivity contribution is 6.35. The number of anilines is 1. The van der Waals surface area contributed by atoms with Gasteiger partial charge in [0.1, 0.15) is 0 Å². The number of hydrogen-bond acceptors (Lipinski definition) is 3. The monoisotopic (exact) mass is 457 g/mol. The first-order chi connectivity index (χ1) is 14.6. The maximum atomic E-state index is 13.3. The number of carbonyl (C=O) groups is 3. The third-order valence-corrected chi connectivity index (χ3v) is 6.42. The molecular formula is C24H21Cl2NO4. The fourth-order valence-corrected chi connectivity index (χ4v) is 5.06. The third-order valence-electron chi connectivity index (χ3n) is 5.85. The number of benzene rings is 2. The van der Waals surface area contributed by atoms with Crippen molar-refractivity contribution in [1.82, 2.24) is 0 Å². The molecule has 5 nitrogen and oxygen atoms in total. The molecule has 7 heteroatoms. The first kappa shape index (κ1) is 21.6. The number of amides is 1. The van der Waals surface area contributed by atoms with Gasteiger partial charge in [-0.3, -0.25) is 14.5 Å². The Labute approximate surface area is 190 Å². The minimum absolute atomic E-state index is 0.00178. The lowest BCUT2D eigenvalue weighted by Gasteiger charge is -2.43. The van der Waals surface area contributed by atoms with Crippen LogP contribution in [0.15, 0.2) is 53.7 Å². The number of nitrogens with zero attached hydrogens (tertiary/aromatic N) is 1. The highest BCUT2D eigenvalue weighted by atomic mass is 35.5. The van der Waals surface area contributed by atoms with Crippen molar-refractivity contribution >= 4 is 46.5 Å². The second kappa shape index (κ2) is 7.81. The van der Waals surface area contributed by atoms with E-state index in [-0.39, 0.29) is 29.1 Å². The molecule has 0 aromatic heterocycles. The number of ketones is 1. The Kier molecular flexibility index (Phi) is 5.44. The summed E-state index contributed by atoms with van der Waals surface area (Å²) in [6.45, 7) is 4.01. The molecule has 160 valence electrons. The fraction of sp³-hybridized carbons (Fsp3) is 0.292. The quantitative estimate of drug-likeness (QED) is 0.626. The summed E-state index contributed by atoms with van der Waals surface area (Å²) >= 11 is 12.5. The van der Waals surface area contributed by atoms with Crippen LogP contribution in [0.3, 0.4) is 0 Å². The zero-order valence-electron chi connectivity index (χ0n) is 17.1. The number of rotatable bonds is 3. The number of carboxylic acid groups (broad SMARTS) is 1. The lowest BCUT2D eigenvalue weighted by Crippen LogP contribution is -2.43. The van der Waals surface area contributed by atoms with E-state index in [1.165, 1.54) is 12.1 Å². The number of carbonyl (C=O) groups excluding carboxylic acids is 2. The second-order valence-electron chi connectivity index (χ2n) is 8.81. The van der Waals surface area contributed by atoms with Crippen LogP contribution in [0.5, 0.6) is 0 Å². The molecule has 0 saturated carbocycles. The normalized spacial score (nSPS) is 20.6. The van der Waals surface area contributed by atoms with Crippen molar-refractivity contribution in [1.29, 1.82) is 0 Å². The van der Waals surface area contributed by atoms with Crippen molar-refractivity contribution in [2.45, 2.75) is 39.0 Å². The lowest BCUT2D eigenvalue weighted by molar-refractivity contribution is -0.121. The van der Waals surface area contributed by atoms with Crippen molar-refractivity contribution in [2.24, 2.45) is 5.41 Å². The first-order valence-corrected chi connectivity index (χ1v) is 10.7. The number of Topliss-reactive ketones (excluding diaryl/α,β-unsaturated/α-hetero) is 1. The molecule has 31 heavy (non-hydrogen) atoms. The molecule has 1 N–H and O–H groups in total. The summed E-state index contributed by atoms with van der Waals surface area (Å²) in [5.74, 6) is -1.64. The highest BCUT2D eigenvalue weighted by Gasteiger charge is 2.44. The van der Waals surface area contributed by atoms with E-state index in [2.05, 4.69) is 0 Å².